The predicted molar refractivity (Wildman–Crippen MR) is 108 cm³/mol. The van der Waals surface area contributed by atoms with E-state index in [0.717, 1.165) is 27.7 Å². The van der Waals surface area contributed by atoms with Gasteiger partial charge in [0.25, 0.3) is 10.1 Å². The molecule has 4 aromatic rings. The molecule has 0 aliphatic rings. The molecule has 5 nitrogen and oxygen atoms in total. The van der Waals surface area contributed by atoms with E-state index in [4.69, 9.17) is 14.4 Å². The molecule has 0 amide bonds. The molecule has 1 aromatic heterocycles. The van der Waals surface area contributed by atoms with E-state index >= 15 is 0 Å². The van der Waals surface area contributed by atoms with Gasteiger partial charge in [0.1, 0.15) is 5.58 Å². The van der Waals surface area contributed by atoms with E-state index in [1.807, 2.05) is 67.6 Å². The highest BCUT2D eigenvalue weighted by molar-refractivity contribution is 7.85. The van der Waals surface area contributed by atoms with Crippen molar-refractivity contribution >= 4 is 21.1 Å². The summed E-state index contributed by atoms with van der Waals surface area (Å²) in [7, 11) is -4.02. The average molecular weight is 393 g/mol. The highest BCUT2D eigenvalue weighted by atomic mass is 32.2. The molecule has 2 N–H and O–H groups in total. The number of aryl methyl sites for hydroxylation is 1. The first-order valence-corrected chi connectivity index (χ1v) is 9.96. The van der Waals surface area contributed by atoms with Crippen molar-refractivity contribution in [2.45, 2.75) is 11.8 Å². The van der Waals surface area contributed by atoms with Gasteiger partial charge in [-0.15, -0.1) is 0 Å². The molecule has 0 fully saturated rings. The summed E-state index contributed by atoms with van der Waals surface area (Å²) < 4.78 is 35.1. The van der Waals surface area contributed by atoms with Crippen molar-refractivity contribution in [3.8, 4) is 11.1 Å². The normalized spacial score (nSPS) is 10.9. The number of nitrogens with one attached hydrogen (secondary N) is 1. The van der Waals surface area contributed by atoms with E-state index in [2.05, 4.69) is 0 Å². The van der Waals surface area contributed by atoms with Crippen LogP contribution in [0.2, 0.25) is 0 Å². The highest BCUT2D eigenvalue weighted by Gasteiger charge is 2.07. The van der Waals surface area contributed by atoms with Gasteiger partial charge < -0.3 is 4.42 Å². The zero-order valence-electron chi connectivity index (χ0n) is 15.2. The zero-order valence-corrected chi connectivity index (χ0v) is 16.0. The van der Waals surface area contributed by atoms with Gasteiger partial charge in [-0.3, -0.25) is 9.96 Å². The topological polar surface area (TPSA) is 91.4 Å². The summed E-state index contributed by atoms with van der Waals surface area (Å²) in [4.78, 5) is -0.0666. The second-order valence-electron chi connectivity index (χ2n) is 6.18. The van der Waals surface area contributed by atoms with Crippen molar-refractivity contribution in [2.24, 2.45) is 0 Å². The standard InChI is InChI=1S/C15H11NO.C7H8O3S/c16-15-13(11-6-2-1-3-7-11)10-12-8-4-5-9-14(12)17-15;1-6-2-4-7(5-3-6)11(8,9)10/h1-10,16H;2-5H,1H3,(H,8,9,10). The Balaban J connectivity index is 0.000000178. The van der Waals surface area contributed by atoms with Crippen LogP contribution in [0.25, 0.3) is 22.1 Å². The fourth-order valence-corrected chi connectivity index (χ4v) is 3.10. The Labute approximate surface area is 163 Å². The van der Waals surface area contributed by atoms with Crippen LogP contribution in [-0.2, 0) is 10.1 Å². The van der Waals surface area contributed by atoms with Crippen LogP contribution in [0, 0.1) is 12.3 Å². The molecule has 28 heavy (non-hydrogen) atoms. The number of hydrogen-bond donors (Lipinski definition) is 2. The molecule has 0 saturated heterocycles. The number of benzene rings is 3. The minimum Gasteiger partial charge on any atom is -0.438 e. The van der Waals surface area contributed by atoms with Crippen molar-refractivity contribution in [3.63, 3.8) is 0 Å². The second kappa shape index (κ2) is 8.21. The van der Waals surface area contributed by atoms with Crippen LogP contribution >= 0.6 is 0 Å². The molecule has 3 aromatic carbocycles. The number of rotatable bonds is 2. The molecule has 142 valence electrons. The van der Waals surface area contributed by atoms with E-state index < -0.39 is 10.1 Å². The largest absolute Gasteiger partial charge is 0.438 e. The minimum atomic E-state index is -4.02. The first kappa shape index (κ1) is 19.5. The van der Waals surface area contributed by atoms with E-state index in [9.17, 15) is 8.42 Å². The predicted octanol–water partition coefficient (Wildman–Crippen LogP) is 4.82. The van der Waals surface area contributed by atoms with Crippen LogP contribution in [0.5, 0.6) is 0 Å². The first-order chi connectivity index (χ1) is 13.3. The molecule has 6 heteroatoms. The molecule has 0 atom stereocenters. The summed E-state index contributed by atoms with van der Waals surface area (Å²) in [5, 5.41) is 8.94. The van der Waals surface area contributed by atoms with Crippen molar-refractivity contribution in [1.29, 1.82) is 5.41 Å². The fraction of sp³-hybridized carbons (Fsp3) is 0.0455. The van der Waals surface area contributed by atoms with Gasteiger partial charge in [0, 0.05) is 10.9 Å². The Hall–Kier alpha value is -3.22. The van der Waals surface area contributed by atoms with Crippen molar-refractivity contribution in [1.82, 2.24) is 0 Å². The molecule has 4 rings (SSSR count). The van der Waals surface area contributed by atoms with Gasteiger partial charge in [-0.1, -0.05) is 66.2 Å². The van der Waals surface area contributed by atoms with Crippen LogP contribution in [0.4, 0.5) is 0 Å². The summed E-state index contributed by atoms with van der Waals surface area (Å²) in [5.74, 6) is 0. The van der Waals surface area contributed by atoms with Gasteiger partial charge in [0.05, 0.1) is 4.90 Å². The molecule has 0 radical (unpaired) electrons. The number of hydrogen-bond acceptors (Lipinski definition) is 4. The molecule has 1 heterocycles. The first-order valence-electron chi connectivity index (χ1n) is 8.52. The van der Waals surface area contributed by atoms with E-state index in [0.29, 0.717) is 0 Å². The fourth-order valence-electron chi connectivity index (χ4n) is 2.62. The SMILES string of the molecule is Cc1ccc(S(=O)(=O)O)cc1.N=c1oc2ccccc2cc1-c1ccccc1. The molecule has 0 spiro atoms. The Bertz CT molecular complexity index is 1250. The van der Waals surface area contributed by atoms with Gasteiger partial charge in [-0.2, -0.15) is 8.42 Å². The third kappa shape index (κ3) is 4.73. The number of para-hydroxylation sites is 1. The maximum atomic E-state index is 10.5. The van der Waals surface area contributed by atoms with Crippen LogP contribution < -0.4 is 5.55 Å². The molecular formula is C22H19NO4S. The van der Waals surface area contributed by atoms with Crippen molar-refractivity contribution < 1.29 is 17.4 Å². The Morgan fingerprint density at radius 3 is 2.11 bits per heavy atom. The quantitative estimate of drug-likeness (QED) is 0.478. The molecule has 0 bridgehead atoms. The van der Waals surface area contributed by atoms with Gasteiger partial charge in [-0.25, -0.2) is 0 Å². The van der Waals surface area contributed by atoms with Crippen molar-refractivity contribution in [2.75, 3.05) is 0 Å². The van der Waals surface area contributed by atoms with Gasteiger partial charge in [0.2, 0.25) is 5.55 Å². The molecule has 0 unspecified atom stereocenters. The third-order valence-corrected chi connectivity index (χ3v) is 4.95. The van der Waals surface area contributed by atoms with Crippen LogP contribution in [0.15, 0.2) is 94.2 Å². The maximum Gasteiger partial charge on any atom is 0.294 e. The van der Waals surface area contributed by atoms with E-state index in [-0.39, 0.29) is 10.4 Å². The van der Waals surface area contributed by atoms with E-state index in [1.54, 1.807) is 12.1 Å². The van der Waals surface area contributed by atoms with Gasteiger partial charge in [0.15, 0.2) is 0 Å². The van der Waals surface area contributed by atoms with Crippen LogP contribution in [0.3, 0.4) is 0 Å². The Morgan fingerprint density at radius 1 is 0.857 bits per heavy atom. The Morgan fingerprint density at radius 2 is 1.46 bits per heavy atom. The second-order valence-corrected chi connectivity index (χ2v) is 7.60. The van der Waals surface area contributed by atoms with Crippen LogP contribution in [-0.4, -0.2) is 13.0 Å². The average Bonchev–Trinajstić information content (AvgIpc) is 2.68. The lowest BCUT2D eigenvalue weighted by molar-refractivity contribution is 0.483. The lowest BCUT2D eigenvalue weighted by Crippen LogP contribution is -2.02. The van der Waals surface area contributed by atoms with Gasteiger partial charge >= 0.3 is 0 Å². The summed E-state index contributed by atoms with van der Waals surface area (Å²) in [5.41, 5.74) is 3.74. The minimum absolute atomic E-state index is 0.0666. The number of fused-ring (bicyclic) bond motifs is 1. The summed E-state index contributed by atoms with van der Waals surface area (Å²) in [6.07, 6.45) is 0. The highest BCUT2D eigenvalue weighted by Crippen LogP contribution is 2.20. The Kier molecular flexibility index (Phi) is 5.73. The lowest BCUT2D eigenvalue weighted by atomic mass is 10.1. The summed E-state index contributed by atoms with van der Waals surface area (Å²) in [6, 6.07) is 25.6. The molecule has 0 aliphatic heterocycles. The molecular weight excluding hydrogens is 374 g/mol. The third-order valence-electron chi connectivity index (χ3n) is 4.08. The summed E-state index contributed by atoms with van der Waals surface area (Å²) >= 11 is 0. The van der Waals surface area contributed by atoms with Crippen LogP contribution in [0.1, 0.15) is 5.56 Å². The molecule has 0 saturated carbocycles. The lowest BCUT2D eigenvalue weighted by Gasteiger charge is -2.03. The maximum absolute atomic E-state index is 10.5. The summed E-state index contributed by atoms with van der Waals surface area (Å²) in [6.45, 7) is 1.84. The monoisotopic (exact) mass is 393 g/mol. The smallest absolute Gasteiger partial charge is 0.294 e. The van der Waals surface area contributed by atoms with Gasteiger partial charge in [-0.05, 0) is 36.8 Å². The van der Waals surface area contributed by atoms with Crippen molar-refractivity contribution in [3.05, 3.63) is 96.0 Å². The van der Waals surface area contributed by atoms with E-state index in [1.165, 1.54) is 12.1 Å². The molecule has 0 aliphatic carbocycles. The zero-order chi connectivity index (χ0) is 20.1.